The van der Waals surface area contributed by atoms with Crippen LogP contribution in [0.1, 0.15) is 236 Å². The van der Waals surface area contributed by atoms with Crippen molar-refractivity contribution in [3.63, 3.8) is 0 Å². The largest absolute Gasteiger partial charge is 0.396 e. The molecule has 0 atom stereocenters. The molecule has 282 valence electrons. The minimum atomic E-state index is -0.299. The highest BCUT2D eigenvalue weighted by atomic mass is 35.5. The Morgan fingerprint density at radius 3 is 0.958 bits per heavy atom. The highest BCUT2D eigenvalue weighted by Gasteiger charge is 2.21. The number of hydrogen-bond acceptors (Lipinski definition) is 2. The Balaban J connectivity index is 2.11. The van der Waals surface area contributed by atoms with Gasteiger partial charge in [-0.2, -0.15) is 0 Å². The molecule has 0 saturated carbocycles. The lowest BCUT2D eigenvalue weighted by Gasteiger charge is -2.23. The predicted octanol–water partition coefficient (Wildman–Crippen LogP) is 14.7. The highest BCUT2D eigenvalue weighted by molar-refractivity contribution is 6.23. The Bertz CT molecular complexity index is 801. The van der Waals surface area contributed by atoms with Crippen molar-refractivity contribution in [3.05, 3.63) is 34.9 Å². The van der Waals surface area contributed by atoms with Crippen molar-refractivity contribution in [1.82, 2.24) is 0 Å². The summed E-state index contributed by atoms with van der Waals surface area (Å²) in [5.41, 5.74) is 4.49. The number of aliphatic hydroxyl groups is 2. The third-order valence-electron chi connectivity index (χ3n) is 10.6. The van der Waals surface area contributed by atoms with Gasteiger partial charge in [0.1, 0.15) is 0 Å². The molecule has 0 aliphatic carbocycles. The maximum Gasteiger partial charge on any atom is 0.0641 e. The monoisotopic (exact) mass is 691 g/mol. The second-order valence-corrected chi connectivity index (χ2v) is 16.6. The molecule has 2 N–H and O–H groups in total. The van der Waals surface area contributed by atoms with Crippen LogP contribution in [-0.4, -0.2) is 23.4 Å². The zero-order valence-electron chi connectivity index (χ0n) is 32.5. The summed E-state index contributed by atoms with van der Waals surface area (Å²) < 4.78 is 0. The van der Waals surface area contributed by atoms with E-state index in [4.69, 9.17) is 21.8 Å². The SMILES string of the molecule is CC(C)(Cl)c1cccc(CCCCCCCCCCCCCCCCCCO)c1CCCCCCCCCCCCCCCCCCO. The van der Waals surface area contributed by atoms with Crippen LogP contribution in [0.25, 0.3) is 0 Å². The van der Waals surface area contributed by atoms with E-state index in [0.29, 0.717) is 13.2 Å². The van der Waals surface area contributed by atoms with Gasteiger partial charge in [-0.3, -0.25) is 0 Å². The van der Waals surface area contributed by atoms with Gasteiger partial charge in [0.15, 0.2) is 0 Å². The normalized spacial score (nSPS) is 11.9. The van der Waals surface area contributed by atoms with Gasteiger partial charge in [0.25, 0.3) is 0 Å². The second kappa shape index (κ2) is 33.6. The molecule has 0 aliphatic rings. The van der Waals surface area contributed by atoms with Crippen LogP contribution < -0.4 is 0 Å². The van der Waals surface area contributed by atoms with Gasteiger partial charge in [-0.05, 0) is 69.1 Å². The van der Waals surface area contributed by atoms with Crippen molar-refractivity contribution in [2.75, 3.05) is 13.2 Å². The van der Waals surface area contributed by atoms with E-state index in [-0.39, 0.29) is 4.87 Å². The lowest BCUT2D eigenvalue weighted by atomic mass is 9.87. The van der Waals surface area contributed by atoms with Gasteiger partial charge in [-0.1, -0.05) is 198 Å². The summed E-state index contributed by atoms with van der Waals surface area (Å²) in [5.74, 6) is 0. The molecule has 3 heteroatoms. The summed E-state index contributed by atoms with van der Waals surface area (Å²) in [6.45, 7) is 5.06. The van der Waals surface area contributed by atoms with Crippen molar-refractivity contribution in [1.29, 1.82) is 0 Å². The highest BCUT2D eigenvalue weighted by Crippen LogP contribution is 2.34. The second-order valence-electron chi connectivity index (χ2n) is 15.7. The molecule has 0 fully saturated rings. The molecule has 0 heterocycles. The average Bonchev–Trinajstić information content (AvgIpc) is 3.07. The fraction of sp³-hybridized carbons (Fsp3) is 0.867. The van der Waals surface area contributed by atoms with Gasteiger partial charge < -0.3 is 10.2 Å². The molecule has 1 rings (SSSR count). The number of halogens is 1. The minimum Gasteiger partial charge on any atom is -0.396 e. The average molecular weight is 692 g/mol. The molecule has 0 radical (unpaired) electrons. The molecule has 0 unspecified atom stereocenters. The third kappa shape index (κ3) is 27.2. The first-order chi connectivity index (χ1) is 23.5. The van der Waals surface area contributed by atoms with Crippen LogP contribution in [-0.2, 0) is 17.7 Å². The Hall–Kier alpha value is -0.570. The lowest BCUT2D eigenvalue weighted by molar-refractivity contribution is 0.282. The molecule has 0 aliphatic heterocycles. The summed E-state index contributed by atoms with van der Waals surface area (Å²) in [7, 11) is 0. The lowest BCUT2D eigenvalue weighted by Crippen LogP contribution is -2.13. The molecule has 1 aromatic rings. The van der Waals surface area contributed by atoms with Crippen molar-refractivity contribution < 1.29 is 10.2 Å². The van der Waals surface area contributed by atoms with E-state index >= 15 is 0 Å². The summed E-state index contributed by atoms with van der Waals surface area (Å²) in [5, 5.41) is 17.7. The summed E-state index contributed by atoms with van der Waals surface area (Å²) in [4.78, 5) is -0.299. The summed E-state index contributed by atoms with van der Waals surface area (Å²) in [6, 6.07) is 6.92. The standard InChI is InChI=1S/C45H83ClO2/c1-45(2,46)44-39-35-37-42(36-31-27-23-19-15-11-7-3-5-9-13-17-21-25-29-33-40-47)43(44)38-32-28-24-20-16-12-8-4-6-10-14-18-22-26-30-34-41-48/h35,37,39,47-48H,3-34,36,38,40-41H2,1-2H3. The number of unbranched alkanes of at least 4 members (excludes halogenated alkanes) is 30. The molecule has 48 heavy (non-hydrogen) atoms. The van der Waals surface area contributed by atoms with Gasteiger partial charge in [-0.15, -0.1) is 11.6 Å². The Morgan fingerprint density at radius 2 is 0.667 bits per heavy atom. The van der Waals surface area contributed by atoms with Crippen LogP contribution in [0.5, 0.6) is 0 Å². The van der Waals surface area contributed by atoms with E-state index in [2.05, 4.69) is 32.0 Å². The number of benzene rings is 1. The quantitative estimate of drug-likeness (QED) is 0.0539. The fourth-order valence-corrected chi connectivity index (χ4v) is 7.69. The third-order valence-corrected chi connectivity index (χ3v) is 10.8. The van der Waals surface area contributed by atoms with Crippen LogP contribution >= 0.6 is 11.6 Å². The Morgan fingerprint density at radius 1 is 0.396 bits per heavy atom. The van der Waals surface area contributed by atoms with Gasteiger partial charge in [0.2, 0.25) is 0 Å². The smallest absolute Gasteiger partial charge is 0.0641 e. The molecule has 1 aromatic carbocycles. The van der Waals surface area contributed by atoms with Gasteiger partial charge in [0.05, 0.1) is 4.87 Å². The number of aryl methyl sites for hydroxylation is 1. The number of aliphatic hydroxyl groups excluding tert-OH is 2. The van der Waals surface area contributed by atoms with Crippen molar-refractivity contribution in [3.8, 4) is 0 Å². The summed E-state index contributed by atoms with van der Waals surface area (Å²) in [6.07, 6.45) is 45.6. The number of alkyl halides is 1. The van der Waals surface area contributed by atoms with Crippen LogP contribution in [0, 0.1) is 0 Å². The number of rotatable bonds is 37. The first kappa shape index (κ1) is 45.5. The van der Waals surface area contributed by atoms with Crippen LogP contribution in [0.2, 0.25) is 0 Å². The van der Waals surface area contributed by atoms with Crippen LogP contribution in [0.15, 0.2) is 18.2 Å². The molecule has 0 bridgehead atoms. The van der Waals surface area contributed by atoms with Gasteiger partial charge >= 0.3 is 0 Å². The van der Waals surface area contributed by atoms with Gasteiger partial charge in [-0.25, -0.2) is 0 Å². The van der Waals surface area contributed by atoms with E-state index in [9.17, 15) is 0 Å². The Kier molecular flexibility index (Phi) is 31.8. The predicted molar refractivity (Wildman–Crippen MR) is 215 cm³/mol. The molecule has 0 spiro atoms. The van der Waals surface area contributed by atoms with E-state index < -0.39 is 0 Å². The topological polar surface area (TPSA) is 40.5 Å². The van der Waals surface area contributed by atoms with E-state index in [1.807, 2.05) is 0 Å². The maximum atomic E-state index is 8.85. The van der Waals surface area contributed by atoms with Gasteiger partial charge in [0, 0.05) is 13.2 Å². The molecule has 2 nitrogen and oxygen atoms in total. The maximum absolute atomic E-state index is 8.85. The summed E-state index contributed by atoms with van der Waals surface area (Å²) >= 11 is 6.91. The number of hydrogen-bond donors (Lipinski definition) is 2. The molecule has 0 saturated heterocycles. The van der Waals surface area contributed by atoms with E-state index in [0.717, 1.165) is 12.8 Å². The molecule has 0 aromatic heterocycles. The van der Waals surface area contributed by atoms with Crippen LogP contribution in [0.3, 0.4) is 0 Å². The minimum absolute atomic E-state index is 0.299. The Labute approximate surface area is 306 Å². The zero-order chi connectivity index (χ0) is 34.8. The fourth-order valence-electron chi connectivity index (χ4n) is 7.51. The molecule has 0 amide bonds. The van der Waals surface area contributed by atoms with Crippen LogP contribution in [0.4, 0.5) is 0 Å². The molecular weight excluding hydrogens is 608 g/mol. The molecular formula is C45H83ClO2. The van der Waals surface area contributed by atoms with E-state index in [1.165, 1.54) is 211 Å². The van der Waals surface area contributed by atoms with Crippen molar-refractivity contribution in [2.24, 2.45) is 0 Å². The first-order valence-corrected chi connectivity index (χ1v) is 21.9. The zero-order valence-corrected chi connectivity index (χ0v) is 33.2. The van der Waals surface area contributed by atoms with Crippen molar-refractivity contribution in [2.45, 2.75) is 237 Å². The first-order valence-electron chi connectivity index (χ1n) is 21.5. The van der Waals surface area contributed by atoms with Crippen molar-refractivity contribution >= 4 is 11.6 Å². The van der Waals surface area contributed by atoms with E-state index in [1.54, 1.807) is 11.1 Å².